The van der Waals surface area contributed by atoms with Crippen LogP contribution in [-0.4, -0.2) is 16.9 Å². The van der Waals surface area contributed by atoms with E-state index >= 15 is 0 Å². The molecule has 1 amide bonds. The number of carbonyl (C=O) groups excluding carboxylic acids is 1. The quantitative estimate of drug-likeness (QED) is 0.900. The maximum atomic E-state index is 12.3. The molecule has 0 saturated heterocycles. The average Bonchev–Trinajstić information content (AvgIpc) is 2.52. The third-order valence-electron chi connectivity index (χ3n) is 3.79. The van der Waals surface area contributed by atoms with Crippen LogP contribution in [0.1, 0.15) is 22.5 Å². The van der Waals surface area contributed by atoms with Crippen molar-refractivity contribution in [2.45, 2.75) is 32.5 Å². The molecule has 2 heterocycles. The van der Waals surface area contributed by atoms with Gasteiger partial charge in [-0.3, -0.25) is 9.78 Å². The summed E-state index contributed by atoms with van der Waals surface area (Å²) >= 11 is 0. The van der Waals surface area contributed by atoms with Crippen LogP contribution in [0.2, 0.25) is 0 Å². The largest absolute Gasteiger partial charge is 0.349 e. The Bertz CT molecular complexity index is 654. The van der Waals surface area contributed by atoms with E-state index in [1.807, 2.05) is 37.3 Å². The fourth-order valence-electron chi connectivity index (χ4n) is 2.64. The van der Waals surface area contributed by atoms with Crippen LogP contribution in [0.25, 0.3) is 0 Å². The molecule has 1 atom stereocenters. The topological polar surface area (TPSA) is 54.0 Å². The number of hydrogen-bond acceptors (Lipinski definition) is 3. The molecule has 0 saturated carbocycles. The van der Waals surface area contributed by atoms with Crippen molar-refractivity contribution < 1.29 is 4.79 Å². The predicted octanol–water partition coefficient (Wildman–Crippen LogP) is 1.72. The van der Waals surface area contributed by atoms with Gasteiger partial charge in [0.05, 0.1) is 18.3 Å². The molecule has 1 unspecified atom stereocenters. The van der Waals surface area contributed by atoms with Crippen molar-refractivity contribution in [1.82, 2.24) is 15.6 Å². The average molecular weight is 281 g/mol. The molecule has 0 radical (unpaired) electrons. The van der Waals surface area contributed by atoms with Crippen LogP contribution in [0.4, 0.5) is 0 Å². The number of aryl methyl sites for hydroxylation is 1. The molecule has 108 valence electrons. The lowest BCUT2D eigenvalue weighted by Crippen LogP contribution is -2.47. The summed E-state index contributed by atoms with van der Waals surface area (Å²) in [5.41, 5.74) is 4.39. The van der Waals surface area contributed by atoms with Gasteiger partial charge in [0.2, 0.25) is 5.91 Å². The Morgan fingerprint density at radius 3 is 2.86 bits per heavy atom. The Hall–Kier alpha value is -2.20. The molecule has 4 nitrogen and oxygen atoms in total. The van der Waals surface area contributed by atoms with E-state index in [0.29, 0.717) is 6.54 Å². The summed E-state index contributed by atoms with van der Waals surface area (Å²) in [5, 5.41) is 6.25. The zero-order valence-electron chi connectivity index (χ0n) is 12.1. The molecule has 4 heteroatoms. The molecule has 0 fully saturated rings. The lowest BCUT2D eigenvalue weighted by atomic mass is 9.95. The van der Waals surface area contributed by atoms with Gasteiger partial charge in [-0.1, -0.05) is 30.3 Å². The van der Waals surface area contributed by atoms with Crippen molar-refractivity contribution in [3.8, 4) is 0 Å². The molecule has 1 aliphatic heterocycles. The number of rotatable bonds is 3. The zero-order chi connectivity index (χ0) is 14.7. The Morgan fingerprint density at radius 2 is 2.05 bits per heavy atom. The van der Waals surface area contributed by atoms with Crippen molar-refractivity contribution in [3.63, 3.8) is 0 Å². The van der Waals surface area contributed by atoms with Gasteiger partial charge in [-0.2, -0.15) is 0 Å². The first-order valence-electron chi connectivity index (χ1n) is 7.23. The lowest BCUT2D eigenvalue weighted by Gasteiger charge is -2.25. The van der Waals surface area contributed by atoms with Crippen LogP contribution < -0.4 is 10.6 Å². The number of carbonyl (C=O) groups is 1. The third-order valence-corrected chi connectivity index (χ3v) is 3.79. The summed E-state index contributed by atoms with van der Waals surface area (Å²) in [6.07, 6.45) is 0.739. The molecular weight excluding hydrogens is 262 g/mol. The number of pyridine rings is 1. The molecular formula is C17H19N3O. The maximum absolute atomic E-state index is 12.3. The van der Waals surface area contributed by atoms with Crippen LogP contribution in [0.15, 0.2) is 42.5 Å². The summed E-state index contributed by atoms with van der Waals surface area (Å²) < 4.78 is 0. The lowest BCUT2D eigenvalue weighted by molar-refractivity contribution is -0.123. The highest BCUT2D eigenvalue weighted by atomic mass is 16.2. The van der Waals surface area contributed by atoms with E-state index in [9.17, 15) is 4.79 Å². The Balaban J connectivity index is 1.59. The SMILES string of the molecule is Cc1cccc(CNC(=O)C2Cc3ccccc3CN2)n1. The van der Waals surface area contributed by atoms with E-state index in [1.54, 1.807) is 0 Å². The van der Waals surface area contributed by atoms with Crippen molar-refractivity contribution in [2.24, 2.45) is 0 Å². The first-order valence-corrected chi connectivity index (χ1v) is 7.23. The van der Waals surface area contributed by atoms with Gasteiger partial charge in [-0.25, -0.2) is 0 Å². The van der Waals surface area contributed by atoms with Crippen LogP contribution in [-0.2, 0) is 24.3 Å². The summed E-state index contributed by atoms with van der Waals surface area (Å²) in [4.78, 5) is 16.7. The van der Waals surface area contributed by atoms with Crippen LogP contribution >= 0.6 is 0 Å². The van der Waals surface area contributed by atoms with Crippen LogP contribution in [0.5, 0.6) is 0 Å². The van der Waals surface area contributed by atoms with E-state index in [4.69, 9.17) is 0 Å². The van der Waals surface area contributed by atoms with Crippen molar-refractivity contribution in [1.29, 1.82) is 0 Å². The maximum Gasteiger partial charge on any atom is 0.237 e. The Kier molecular flexibility index (Phi) is 3.97. The van der Waals surface area contributed by atoms with Gasteiger partial charge in [-0.15, -0.1) is 0 Å². The van der Waals surface area contributed by atoms with Gasteiger partial charge in [0, 0.05) is 12.2 Å². The number of aromatic nitrogens is 1. The molecule has 2 aromatic rings. The standard InChI is InChI=1S/C17H19N3O/c1-12-5-4-8-15(20-12)11-19-17(21)16-9-13-6-2-3-7-14(13)10-18-16/h2-8,16,18H,9-11H2,1H3,(H,19,21). The first-order chi connectivity index (χ1) is 10.2. The van der Waals surface area contributed by atoms with Gasteiger partial charge in [0.1, 0.15) is 0 Å². The second-order valence-corrected chi connectivity index (χ2v) is 5.39. The highest BCUT2D eigenvalue weighted by Gasteiger charge is 2.23. The van der Waals surface area contributed by atoms with Gasteiger partial charge < -0.3 is 10.6 Å². The monoisotopic (exact) mass is 281 g/mol. The van der Waals surface area contributed by atoms with Crippen molar-refractivity contribution >= 4 is 5.91 Å². The number of hydrogen-bond donors (Lipinski definition) is 2. The fraction of sp³-hybridized carbons (Fsp3) is 0.294. The highest BCUT2D eigenvalue weighted by molar-refractivity contribution is 5.82. The number of nitrogens with one attached hydrogen (secondary N) is 2. The molecule has 21 heavy (non-hydrogen) atoms. The molecule has 1 aromatic heterocycles. The molecule has 1 aliphatic rings. The number of fused-ring (bicyclic) bond motifs is 1. The smallest absolute Gasteiger partial charge is 0.237 e. The summed E-state index contributed by atoms with van der Waals surface area (Å²) in [7, 11) is 0. The third kappa shape index (κ3) is 3.28. The van der Waals surface area contributed by atoms with Gasteiger partial charge in [0.15, 0.2) is 0 Å². The highest BCUT2D eigenvalue weighted by Crippen LogP contribution is 2.16. The molecule has 0 spiro atoms. The summed E-state index contributed by atoms with van der Waals surface area (Å²) in [5.74, 6) is 0.0350. The fourth-order valence-corrected chi connectivity index (χ4v) is 2.64. The first kappa shape index (κ1) is 13.8. The van der Waals surface area contributed by atoms with E-state index in [2.05, 4.69) is 27.8 Å². The predicted molar refractivity (Wildman–Crippen MR) is 81.6 cm³/mol. The van der Waals surface area contributed by atoms with Gasteiger partial charge in [-0.05, 0) is 36.6 Å². The minimum atomic E-state index is -0.162. The van der Waals surface area contributed by atoms with Crippen LogP contribution in [0.3, 0.4) is 0 Å². The number of benzene rings is 1. The number of nitrogens with zero attached hydrogens (tertiary/aromatic N) is 1. The molecule has 0 bridgehead atoms. The minimum Gasteiger partial charge on any atom is -0.349 e. The van der Waals surface area contributed by atoms with E-state index in [-0.39, 0.29) is 11.9 Å². The summed E-state index contributed by atoms with van der Waals surface area (Å²) in [6, 6.07) is 13.9. The van der Waals surface area contributed by atoms with E-state index in [1.165, 1.54) is 11.1 Å². The van der Waals surface area contributed by atoms with Gasteiger partial charge in [0.25, 0.3) is 0 Å². The zero-order valence-corrected chi connectivity index (χ0v) is 12.1. The molecule has 0 aliphatic carbocycles. The number of amides is 1. The summed E-state index contributed by atoms with van der Waals surface area (Å²) in [6.45, 7) is 3.17. The minimum absolute atomic E-state index is 0.0350. The van der Waals surface area contributed by atoms with E-state index in [0.717, 1.165) is 24.4 Å². The van der Waals surface area contributed by atoms with Crippen molar-refractivity contribution in [2.75, 3.05) is 0 Å². The van der Waals surface area contributed by atoms with Crippen LogP contribution in [0, 0.1) is 6.92 Å². The van der Waals surface area contributed by atoms with Crippen molar-refractivity contribution in [3.05, 3.63) is 65.0 Å². The Labute approximate surface area is 124 Å². The normalized spacial score (nSPS) is 17.1. The van der Waals surface area contributed by atoms with E-state index < -0.39 is 0 Å². The molecule has 2 N–H and O–H groups in total. The Morgan fingerprint density at radius 1 is 1.24 bits per heavy atom. The second kappa shape index (κ2) is 6.06. The van der Waals surface area contributed by atoms with Gasteiger partial charge >= 0.3 is 0 Å². The second-order valence-electron chi connectivity index (χ2n) is 5.39. The molecule has 1 aromatic carbocycles. The molecule has 3 rings (SSSR count).